The van der Waals surface area contributed by atoms with Gasteiger partial charge in [-0.1, -0.05) is 5.16 Å². The van der Waals surface area contributed by atoms with E-state index in [-0.39, 0.29) is 12.4 Å². The number of hydrogen-bond donors (Lipinski definition) is 3. The van der Waals surface area contributed by atoms with E-state index in [4.69, 9.17) is 15.7 Å². The molecule has 0 atom stereocenters. The molecule has 0 heterocycles. The van der Waals surface area contributed by atoms with Crippen molar-refractivity contribution in [2.24, 2.45) is 10.9 Å². The quantitative estimate of drug-likeness (QED) is 0.337. The summed E-state index contributed by atoms with van der Waals surface area (Å²) >= 11 is 3.37. The molecule has 0 aliphatic heterocycles. The van der Waals surface area contributed by atoms with Crippen LogP contribution in [0.2, 0.25) is 0 Å². The number of nitrogens with two attached hydrogens (primary N) is 1. The van der Waals surface area contributed by atoms with Crippen molar-refractivity contribution in [3.05, 3.63) is 22.7 Å². The Morgan fingerprint density at radius 2 is 2.40 bits per heavy atom. The first-order valence-corrected chi connectivity index (χ1v) is 5.00. The van der Waals surface area contributed by atoms with E-state index in [9.17, 15) is 0 Å². The molecule has 4 N–H and O–H groups in total. The van der Waals surface area contributed by atoms with Gasteiger partial charge in [0.25, 0.3) is 0 Å². The van der Waals surface area contributed by atoms with Gasteiger partial charge in [-0.3, -0.25) is 0 Å². The minimum absolute atomic E-state index is 0.115. The minimum atomic E-state index is 0.115. The smallest absolute Gasteiger partial charge is 0.158 e. The highest BCUT2D eigenvalue weighted by atomic mass is 79.9. The van der Waals surface area contributed by atoms with E-state index in [1.807, 2.05) is 18.2 Å². The fourth-order valence-electron chi connectivity index (χ4n) is 0.988. The third-order valence-corrected chi connectivity index (χ3v) is 2.45. The highest BCUT2D eigenvalue weighted by Crippen LogP contribution is 2.26. The van der Waals surface area contributed by atoms with Gasteiger partial charge in [-0.2, -0.15) is 0 Å². The lowest BCUT2D eigenvalue weighted by Crippen LogP contribution is -2.22. The van der Waals surface area contributed by atoms with E-state index in [0.717, 1.165) is 15.9 Å². The second kappa shape index (κ2) is 5.45. The van der Waals surface area contributed by atoms with Crippen LogP contribution in [0, 0.1) is 0 Å². The summed E-state index contributed by atoms with van der Waals surface area (Å²) in [5.41, 5.74) is 6.15. The molecule has 1 aromatic carbocycles. The lowest BCUT2D eigenvalue weighted by atomic mass is 10.3. The summed E-state index contributed by atoms with van der Waals surface area (Å²) < 4.78 is 5.95. The van der Waals surface area contributed by atoms with Crippen LogP contribution in [0.4, 0.5) is 5.69 Å². The molecular weight excluding hydrogens is 262 g/mol. The van der Waals surface area contributed by atoms with Gasteiger partial charge in [0.1, 0.15) is 5.75 Å². The van der Waals surface area contributed by atoms with Crippen molar-refractivity contribution in [2.45, 2.75) is 0 Å². The van der Waals surface area contributed by atoms with E-state index in [2.05, 4.69) is 26.4 Å². The molecule has 15 heavy (non-hydrogen) atoms. The normalized spacial score (nSPS) is 11.2. The first kappa shape index (κ1) is 11.6. The summed E-state index contributed by atoms with van der Waals surface area (Å²) in [6.07, 6.45) is 0. The molecule has 0 unspecified atom stereocenters. The zero-order valence-corrected chi connectivity index (χ0v) is 9.78. The average Bonchev–Trinajstić information content (AvgIpc) is 2.27. The number of rotatable bonds is 4. The standard InChI is InChI=1S/C9H12BrN3O2/c1-15-6-2-3-7(10)8(4-6)12-5-9(11)13-14/h2-4,12,14H,5H2,1H3,(H2,11,13). The Bertz CT molecular complexity index is 368. The van der Waals surface area contributed by atoms with Crippen LogP contribution in [0.25, 0.3) is 0 Å². The van der Waals surface area contributed by atoms with Crippen molar-refractivity contribution >= 4 is 27.5 Å². The molecule has 0 radical (unpaired) electrons. The van der Waals surface area contributed by atoms with E-state index in [1.54, 1.807) is 7.11 Å². The molecule has 0 bridgehead atoms. The Labute approximate surface area is 96.0 Å². The summed E-state index contributed by atoms with van der Waals surface area (Å²) in [6, 6.07) is 5.50. The van der Waals surface area contributed by atoms with Gasteiger partial charge in [0, 0.05) is 10.5 Å². The molecule has 0 saturated heterocycles. The van der Waals surface area contributed by atoms with E-state index in [0.29, 0.717) is 0 Å². The second-order valence-electron chi connectivity index (χ2n) is 2.79. The maximum atomic E-state index is 8.37. The lowest BCUT2D eigenvalue weighted by molar-refractivity contribution is 0.317. The largest absolute Gasteiger partial charge is 0.497 e. The van der Waals surface area contributed by atoms with Crippen molar-refractivity contribution in [1.82, 2.24) is 0 Å². The first-order valence-electron chi connectivity index (χ1n) is 4.21. The van der Waals surface area contributed by atoms with Gasteiger partial charge in [-0.05, 0) is 28.1 Å². The number of amidine groups is 1. The van der Waals surface area contributed by atoms with E-state index in [1.165, 1.54) is 0 Å². The second-order valence-corrected chi connectivity index (χ2v) is 3.65. The molecule has 6 heteroatoms. The summed E-state index contributed by atoms with van der Waals surface area (Å²) in [6.45, 7) is 0.266. The van der Waals surface area contributed by atoms with Crippen molar-refractivity contribution in [3.8, 4) is 5.75 Å². The fraction of sp³-hybridized carbons (Fsp3) is 0.222. The number of anilines is 1. The molecule has 0 aromatic heterocycles. The Kier molecular flexibility index (Phi) is 4.23. The van der Waals surface area contributed by atoms with Crippen LogP contribution in [-0.4, -0.2) is 24.7 Å². The maximum Gasteiger partial charge on any atom is 0.158 e. The van der Waals surface area contributed by atoms with Crippen LogP contribution >= 0.6 is 15.9 Å². The topological polar surface area (TPSA) is 79.9 Å². The highest BCUT2D eigenvalue weighted by Gasteiger charge is 2.02. The molecule has 1 rings (SSSR count). The van der Waals surface area contributed by atoms with Gasteiger partial charge in [0.05, 0.1) is 19.3 Å². The molecular formula is C9H12BrN3O2. The monoisotopic (exact) mass is 273 g/mol. The highest BCUT2D eigenvalue weighted by molar-refractivity contribution is 9.10. The molecule has 0 fully saturated rings. The molecule has 5 nitrogen and oxygen atoms in total. The number of nitrogens with zero attached hydrogens (tertiary/aromatic N) is 1. The van der Waals surface area contributed by atoms with Crippen molar-refractivity contribution in [1.29, 1.82) is 0 Å². The summed E-state index contributed by atoms with van der Waals surface area (Å²) in [5, 5.41) is 14.2. The Balaban J connectivity index is 2.75. The van der Waals surface area contributed by atoms with Crippen LogP contribution in [0.1, 0.15) is 0 Å². The summed E-state index contributed by atoms with van der Waals surface area (Å²) in [7, 11) is 1.59. The Morgan fingerprint density at radius 3 is 3.00 bits per heavy atom. The Hall–Kier alpha value is -1.43. The van der Waals surface area contributed by atoms with Gasteiger partial charge < -0.3 is 21.0 Å². The first-order chi connectivity index (χ1) is 7.17. The molecule has 1 aromatic rings. The van der Waals surface area contributed by atoms with Gasteiger partial charge in [-0.15, -0.1) is 0 Å². The zero-order valence-electron chi connectivity index (χ0n) is 8.20. The summed E-state index contributed by atoms with van der Waals surface area (Å²) in [4.78, 5) is 0. The average molecular weight is 274 g/mol. The molecule has 0 saturated carbocycles. The third-order valence-electron chi connectivity index (χ3n) is 1.76. The molecule has 0 aliphatic rings. The van der Waals surface area contributed by atoms with Crippen LogP contribution < -0.4 is 15.8 Å². The van der Waals surface area contributed by atoms with E-state index >= 15 is 0 Å². The Morgan fingerprint density at radius 1 is 1.67 bits per heavy atom. The zero-order chi connectivity index (χ0) is 11.3. The number of hydrogen-bond acceptors (Lipinski definition) is 4. The number of benzene rings is 1. The SMILES string of the molecule is COc1ccc(Br)c(NCC(N)=NO)c1. The predicted octanol–water partition coefficient (Wildman–Crippen LogP) is 1.62. The molecule has 0 aliphatic carbocycles. The van der Waals surface area contributed by atoms with Crippen LogP contribution in [0.3, 0.4) is 0 Å². The summed E-state index contributed by atoms with van der Waals surface area (Å²) in [5.74, 6) is 0.852. The predicted molar refractivity (Wildman–Crippen MR) is 62.6 cm³/mol. The van der Waals surface area contributed by atoms with Gasteiger partial charge in [-0.25, -0.2) is 0 Å². The molecule has 0 spiro atoms. The van der Waals surface area contributed by atoms with E-state index < -0.39 is 0 Å². The number of ether oxygens (including phenoxy) is 1. The molecule has 0 amide bonds. The van der Waals surface area contributed by atoms with Crippen molar-refractivity contribution < 1.29 is 9.94 Å². The van der Waals surface area contributed by atoms with Gasteiger partial charge in [0.2, 0.25) is 0 Å². The lowest BCUT2D eigenvalue weighted by Gasteiger charge is -2.09. The minimum Gasteiger partial charge on any atom is -0.497 e. The number of nitrogens with one attached hydrogen (secondary N) is 1. The number of methoxy groups -OCH3 is 1. The van der Waals surface area contributed by atoms with Gasteiger partial charge >= 0.3 is 0 Å². The maximum absolute atomic E-state index is 8.37. The van der Waals surface area contributed by atoms with Crippen molar-refractivity contribution in [3.63, 3.8) is 0 Å². The van der Waals surface area contributed by atoms with Crippen LogP contribution in [-0.2, 0) is 0 Å². The number of halogens is 1. The van der Waals surface area contributed by atoms with Crippen molar-refractivity contribution in [2.75, 3.05) is 19.0 Å². The van der Waals surface area contributed by atoms with Gasteiger partial charge in [0.15, 0.2) is 5.84 Å². The molecule has 82 valence electrons. The third kappa shape index (κ3) is 3.32. The fourth-order valence-corrected chi connectivity index (χ4v) is 1.37. The van der Waals surface area contributed by atoms with Crippen LogP contribution in [0.5, 0.6) is 5.75 Å². The number of oxime groups is 1. The van der Waals surface area contributed by atoms with Crippen LogP contribution in [0.15, 0.2) is 27.8 Å².